The molecule has 1 aliphatic rings. The largest absolute Gasteiger partial charge is 0.310 e. The van der Waals surface area contributed by atoms with Crippen molar-refractivity contribution in [2.75, 3.05) is 6.54 Å². The number of hydrogen-bond donors (Lipinski definition) is 2. The first-order valence-electron chi connectivity index (χ1n) is 7.23. The van der Waals surface area contributed by atoms with Gasteiger partial charge in [0.2, 0.25) is 10.0 Å². The Morgan fingerprint density at radius 1 is 1.43 bits per heavy atom. The van der Waals surface area contributed by atoms with Gasteiger partial charge >= 0.3 is 0 Å². The number of hydrogen-bond acceptors (Lipinski definition) is 4. The van der Waals surface area contributed by atoms with E-state index in [9.17, 15) is 8.42 Å². The monoisotopic (exact) mass is 394 g/mol. The zero-order chi connectivity index (χ0) is 15.7. The van der Waals surface area contributed by atoms with Gasteiger partial charge in [-0.05, 0) is 40.3 Å². The third kappa shape index (κ3) is 4.51. The molecule has 0 atom stereocenters. The summed E-state index contributed by atoms with van der Waals surface area (Å²) >= 11 is 4.85. The SMILES string of the molecule is CC(C)NCc1cc(S(=O)(=O)NCC2(C)CCC2)c(Br)s1. The fraction of sp³-hybridized carbons (Fsp3) is 0.714. The molecule has 4 nitrogen and oxygen atoms in total. The lowest BCUT2D eigenvalue weighted by molar-refractivity contribution is 0.166. The zero-order valence-corrected chi connectivity index (χ0v) is 15.9. The van der Waals surface area contributed by atoms with E-state index in [2.05, 4.69) is 46.7 Å². The maximum atomic E-state index is 12.4. The molecule has 120 valence electrons. The van der Waals surface area contributed by atoms with E-state index >= 15 is 0 Å². The Labute approximate surface area is 139 Å². The fourth-order valence-electron chi connectivity index (χ4n) is 2.28. The molecule has 0 saturated heterocycles. The van der Waals surface area contributed by atoms with Gasteiger partial charge in [0.1, 0.15) is 4.90 Å². The average molecular weight is 395 g/mol. The summed E-state index contributed by atoms with van der Waals surface area (Å²) in [7, 11) is -3.43. The summed E-state index contributed by atoms with van der Waals surface area (Å²) in [6.07, 6.45) is 3.40. The first-order valence-corrected chi connectivity index (χ1v) is 10.3. The van der Waals surface area contributed by atoms with Gasteiger partial charge in [-0.15, -0.1) is 11.3 Å². The van der Waals surface area contributed by atoms with Gasteiger partial charge in [0.05, 0.1) is 3.79 Å². The minimum Gasteiger partial charge on any atom is -0.310 e. The Balaban J connectivity index is 2.05. The minimum absolute atomic E-state index is 0.137. The van der Waals surface area contributed by atoms with Crippen molar-refractivity contribution >= 4 is 37.3 Å². The van der Waals surface area contributed by atoms with Crippen LogP contribution in [-0.2, 0) is 16.6 Å². The highest BCUT2D eigenvalue weighted by atomic mass is 79.9. The topological polar surface area (TPSA) is 58.2 Å². The number of nitrogens with one attached hydrogen (secondary N) is 2. The second kappa shape index (κ2) is 6.66. The smallest absolute Gasteiger partial charge is 0.242 e. The summed E-state index contributed by atoms with van der Waals surface area (Å²) in [6, 6.07) is 2.14. The van der Waals surface area contributed by atoms with Crippen LogP contribution in [0.5, 0.6) is 0 Å². The van der Waals surface area contributed by atoms with Crippen LogP contribution in [0.15, 0.2) is 14.7 Å². The molecule has 0 unspecified atom stereocenters. The molecular formula is C14H23BrN2O2S2. The van der Waals surface area contributed by atoms with E-state index in [1.165, 1.54) is 17.8 Å². The molecule has 0 bridgehead atoms. The molecule has 21 heavy (non-hydrogen) atoms. The molecule has 1 saturated carbocycles. The lowest BCUT2D eigenvalue weighted by Crippen LogP contribution is -2.39. The van der Waals surface area contributed by atoms with E-state index in [1.54, 1.807) is 6.07 Å². The van der Waals surface area contributed by atoms with Gasteiger partial charge in [0.15, 0.2) is 0 Å². The van der Waals surface area contributed by atoms with Gasteiger partial charge in [-0.25, -0.2) is 13.1 Å². The van der Waals surface area contributed by atoms with Crippen LogP contribution in [0.4, 0.5) is 0 Å². The van der Waals surface area contributed by atoms with E-state index in [0.717, 1.165) is 17.7 Å². The molecule has 0 amide bonds. The zero-order valence-electron chi connectivity index (χ0n) is 12.7. The third-order valence-electron chi connectivity index (χ3n) is 3.93. The molecule has 1 aromatic rings. The predicted molar refractivity (Wildman–Crippen MR) is 91.1 cm³/mol. The second-order valence-electron chi connectivity index (χ2n) is 6.38. The van der Waals surface area contributed by atoms with Crippen LogP contribution in [-0.4, -0.2) is 21.0 Å². The van der Waals surface area contributed by atoms with E-state index in [-0.39, 0.29) is 5.41 Å². The molecule has 0 aromatic carbocycles. The van der Waals surface area contributed by atoms with Crippen molar-refractivity contribution in [3.63, 3.8) is 0 Å². The average Bonchev–Trinajstić information content (AvgIpc) is 2.74. The summed E-state index contributed by atoms with van der Waals surface area (Å²) in [5.41, 5.74) is 0.137. The minimum atomic E-state index is -3.43. The summed E-state index contributed by atoms with van der Waals surface area (Å²) < 4.78 is 28.3. The van der Waals surface area contributed by atoms with E-state index in [4.69, 9.17) is 0 Å². The highest BCUT2D eigenvalue weighted by molar-refractivity contribution is 9.11. The predicted octanol–water partition coefficient (Wildman–Crippen LogP) is 3.48. The highest BCUT2D eigenvalue weighted by Gasteiger charge is 2.33. The van der Waals surface area contributed by atoms with Gasteiger partial charge in [-0.1, -0.05) is 27.2 Å². The van der Waals surface area contributed by atoms with Gasteiger partial charge in [0, 0.05) is 24.0 Å². The normalized spacial score (nSPS) is 18.0. The molecular weight excluding hydrogens is 372 g/mol. The maximum Gasteiger partial charge on any atom is 0.242 e. The first-order chi connectivity index (χ1) is 9.72. The van der Waals surface area contributed by atoms with Crippen LogP contribution in [0.1, 0.15) is 44.9 Å². The molecule has 2 rings (SSSR count). The number of rotatable bonds is 7. The maximum absolute atomic E-state index is 12.4. The Bertz CT molecular complexity index is 592. The summed E-state index contributed by atoms with van der Waals surface area (Å²) in [6.45, 7) is 7.49. The molecule has 1 fully saturated rings. The number of halogens is 1. The lowest BCUT2D eigenvalue weighted by atomic mass is 9.71. The molecule has 0 aliphatic heterocycles. The van der Waals surface area contributed by atoms with Crippen LogP contribution >= 0.6 is 27.3 Å². The second-order valence-corrected chi connectivity index (χ2v) is 10.6. The molecule has 1 heterocycles. The third-order valence-corrected chi connectivity index (χ3v) is 7.58. The molecule has 1 aliphatic carbocycles. The van der Waals surface area contributed by atoms with Crippen molar-refractivity contribution in [2.24, 2.45) is 5.41 Å². The molecule has 0 spiro atoms. The van der Waals surface area contributed by atoms with Crippen LogP contribution in [0, 0.1) is 5.41 Å². The van der Waals surface area contributed by atoms with Crippen molar-refractivity contribution in [3.8, 4) is 0 Å². The Morgan fingerprint density at radius 2 is 2.10 bits per heavy atom. The van der Waals surface area contributed by atoms with Gasteiger partial charge < -0.3 is 5.32 Å². The molecule has 2 N–H and O–H groups in total. The lowest BCUT2D eigenvalue weighted by Gasteiger charge is -2.38. The molecule has 1 aromatic heterocycles. The van der Waals surface area contributed by atoms with Crippen molar-refractivity contribution in [3.05, 3.63) is 14.7 Å². The van der Waals surface area contributed by atoms with Crippen molar-refractivity contribution in [1.29, 1.82) is 0 Å². The van der Waals surface area contributed by atoms with E-state index < -0.39 is 10.0 Å². The van der Waals surface area contributed by atoms with Crippen molar-refractivity contribution < 1.29 is 8.42 Å². The fourth-order valence-corrected chi connectivity index (χ4v) is 6.11. The van der Waals surface area contributed by atoms with E-state index in [1.807, 2.05) is 0 Å². The number of sulfonamides is 1. The summed E-state index contributed by atoms with van der Waals surface area (Å²) in [5.74, 6) is 0. The summed E-state index contributed by atoms with van der Waals surface area (Å²) in [4.78, 5) is 1.38. The Hall–Kier alpha value is 0.0500. The van der Waals surface area contributed by atoms with Crippen molar-refractivity contribution in [2.45, 2.75) is 57.5 Å². The van der Waals surface area contributed by atoms with E-state index in [0.29, 0.717) is 27.8 Å². The van der Waals surface area contributed by atoms with Crippen molar-refractivity contribution in [1.82, 2.24) is 10.0 Å². The van der Waals surface area contributed by atoms with Crippen LogP contribution in [0.3, 0.4) is 0 Å². The number of thiophene rings is 1. The van der Waals surface area contributed by atoms with Gasteiger partial charge in [-0.3, -0.25) is 0 Å². The standard InChI is InChI=1S/C14H23BrN2O2S2/c1-10(2)16-8-11-7-12(13(15)20-11)21(18,19)17-9-14(3)5-4-6-14/h7,10,16-17H,4-6,8-9H2,1-3H3. The highest BCUT2D eigenvalue weighted by Crippen LogP contribution is 2.40. The molecule has 7 heteroatoms. The molecule has 0 radical (unpaired) electrons. The van der Waals surface area contributed by atoms with Crippen LogP contribution in [0.2, 0.25) is 0 Å². The van der Waals surface area contributed by atoms with Gasteiger partial charge in [-0.2, -0.15) is 0 Å². The summed E-state index contributed by atoms with van der Waals surface area (Å²) in [5, 5.41) is 3.30. The Kier molecular flexibility index (Phi) is 5.52. The van der Waals surface area contributed by atoms with Crippen LogP contribution in [0.25, 0.3) is 0 Å². The Morgan fingerprint density at radius 3 is 2.62 bits per heavy atom. The van der Waals surface area contributed by atoms with Gasteiger partial charge in [0.25, 0.3) is 0 Å². The first kappa shape index (κ1) is 17.4. The van der Waals surface area contributed by atoms with Crippen LogP contribution < -0.4 is 10.0 Å². The quantitative estimate of drug-likeness (QED) is 0.743.